The van der Waals surface area contributed by atoms with E-state index in [1.165, 1.54) is 17.7 Å². The fraction of sp³-hybridized carbons (Fsp3) is 0.120. The highest BCUT2D eigenvalue weighted by molar-refractivity contribution is 14.1. The van der Waals surface area contributed by atoms with E-state index < -0.39 is 11.9 Å². The van der Waals surface area contributed by atoms with Gasteiger partial charge in [0.2, 0.25) is 0 Å². The molecule has 0 bridgehead atoms. The molecule has 0 saturated carbocycles. The number of rotatable bonds is 6. The second kappa shape index (κ2) is 9.52. The predicted molar refractivity (Wildman–Crippen MR) is 128 cm³/mol. The number of aryl methyl sites for hydroxylation is 1. The molecule has 32 heavy (non-hydrogen) atoms. The van der Waals surface area contributed by atoms with Crippen molar-refractivity contribution < 1.29 is 18.7 Å². The first-order chi connectivity index (χ1) is 15.4. The maximum atomic E-state index is 13.1. The van der Waals surface area contributed by atoms with Gasteiger partial charge < -0.3 is 10.1 Å². The molecule has 3 amide bonds. The van der Waals surface area contributed by atoms with E-state index in [2.05, 4.69) is 27.9 Å². The number of benzene rings is 3. The average Bonchev–Trinajstić information content (AvgIpc) is 3.03. The van der Waals surface area contributed by atoms with Gasteiger partial charge in [-0.3, -0.25) is 9.69 Å². The van der Waals surface area contributed by atoms with Crippen LogP contribution in [-0.2, 0) is 17.9 Å². The highest BCUT2D eigenvalue weighted by Crippen LogP contribution is 2.25. The summed E-state index contributed by atoms with van der Waals surface area (Å²) in [5.74, 6) is -0.0468. The number of nitrogens with zero attached hydrogens (tertiary/aromatic N) is 1. The van der Waals surface area contributed by atoms with Crippen LogP contribution in [0.5, 0.6) is 5.75 Å². The van der Waals surface area contributed by atoms with Crippen molar-refractivity contribution in [1.29, 1.82) is 0 Å². The van der Waals surface area contributed by atoms with Crippen molar-refractivity contribution in [3.8, 4) is 5.75 Å². The van der Waals surface area contributed by atoms with Gasteiger partial charge in [-0.1, -0.05) is 48.0 Å². The van der Waals surface area contributed by atoms with E-state index in [1.54, 1.807) is 18.2 Å². The number of carbonyl (C=O) groups is 2. The summed E-state index contributed by atoms with van der Waals surface area (Å²) >= 11 is 2.18. The van der Waals surface area contributed by atoms with E-state index in [9.17, 15) is 14.0 Å². The van der Waals surface area contributed by atoms with Crippen LogP contribution in [0.4, 0.5) is 9.18 Å². The van der Waals surface area contributed by atoms with Crippen LogP contribution < -0.4 is 10.1 Å². The van der Waals surface area contributed by atoms with Crippen molar-refractivity contribution in [2.24, 2.45) is 0 Å². The smallest absolute Gasteiger partial charge is 0.329 e. The predicted octanol–water partition coefficient (Wildman–Crippen LogP) is 5.41. The van der Waals surface area contributed by atoms with Crippen LogP contribution in [-0.4, -0.2) is 16.8 Å². The maximum absolute atomic E-state index is 13.1. The molecular formula is C25H20FIN2O3. The summed E-state index contributed by atoms with van der Waals surface area (Å²) in [5.41, 5.74) is 3.91. The standard InChI is InChI=1S/C25H20FIN2O3/c1-16-2-4-18(5-3-16)15-32-23-11-8-19(12-21(23)27)13-22-24(30)29(25(31)28-22)14-17-6-9-20(26)10-7-17/h2-13H,14-15H2,1H3,(H,28,31)/b22-13+. The van der Waals surface area contributed by atoms with Crippen molar-refractivity contribution in [3.05, 3.63) is 104 Å². The quantitative estimate of drug-likeness (QED) is 0.258. The highest BCUT2D eigenvalue weighted by atomic mass is 127. The SMILES string of the molecule is Cc1ccc(COc2ccc(/C=C3/NC(=O)N(Cc4ccc(F)cc4)C3=O)cc2I)cc1. The van der Waals surface area contributed by atoms with Gasteiger partial charge in [-0.05, 0) is 76.5 Å². The molecule has 1 saturated heterocycles. The molecule has 0 radical (unpaired) electrons. The Morgan fingerprint density at radius 1 is 1.00 bits per heavy atom. The van der Waals surface area contributed by atoms with Crippen molar-refractivity contribution in [2.45, 2.75) is 20.1 Å². The summed E-state index contributed by atoms with van der Waals surface area (Å²) in [5, 5.41) is 2.61. The minimum Gasteiger partial charge on any atom is -0.488 e. The first-order valence-electron chi connectivity index (χ1n) is 9.96. The van der Waals surface area contributed by atoms with Crippen LogP contribution in [0.1, 0.15) is 22.3 Å². The third-order valence-electron chi connectivity index (χ3n) is 5.00. The Morgan fingerprint density at radius 2 is 1.69 bits per heavy atom. The van der Waals surface area contributed by atoms with Crippen LogP contribution >= 0.6 is 22.6 Å². The van der Waals surface area contributed by atoms with Gasteiger partial charge in [-0.2, -0.15) is 0 Å². The minimum atomic E-state index is -0.502. The molecule has 0 unspecified atom stereocenters. The molecular weight excluding hydrogens is 522 g/mol. The molecule has 1 aliphatic heterocycles. The van der Waals surface area contributed by atoms with Gasteiger partial charge in [0.15, 0.2) is 0 Å². The van der Waals surface area contributed by atoms with Crippen LogP contribution in [0, 0.1) is 16.3 Å². The summed E-state index contributed by atoms with van der Waals surface area (Å²) in [7, 11) is 0. The molecule has 5 nitrogen and oxygen atoms in total. The zero-order chi connectivity index (χ0) is 22.7. The van der Waals surface area contributed by atoms with Crippen LogP contribution in [0.15, 0.2) is 72.4 Å². The van der Waals surface area contributed by atoms with Crippen molar-refractivity contribution in [3.63, 3.8) is 0 Å². The van der Waals surface area contributed by atoms with E-state index in [-0.39, 0.29) is 18.1 Å². The molecule has 162 valence electrons. The molecule has 3 aromatic rings. The van der Waals surface area contributed by atoms with Crippen LogP contribution in [0.2, 0.25) is 0 Å². The van der Waals surface area contributed by atoms with Gasteiger partial charge in [0.1, 0.15) is 23.9 Å². The molecule has 1 N–H and O–H groups in total. The van der Waals surface area contributed by atoms with Gasteiger partial charge >= 0.3 is 6.03 Å². The Bertz CT molecular complexity index is 1190. The molecule has 0 aliphatic carbocycles. The highest BCUT2D eigenvalue weighted by Gasteiger charge is 2.33. The Hall–Kier alpha value is -3.20. The van der Waals surface area contributed by atoms with Crippen molar-refractivity contribution >= 4 is 40.6 Å². The molecule has 4 rings (SSSR count). The normalized spacial score (nSPS) is 14.7. The molecule has 1 aliphatic rings. The van der Waals surface area contributed by atoms with Crippen molar-refractivity contribution in [2.75, 3.05) is 0 Å². The lowest BCUT2D eigenvalue weighted by atomic mass is 10.1. The first-order valence-corrected chi connectivity index (χ1v) is 11.0. The van der Waals surface area contributed by atoms with Crippen molar-refractivity contribution in [1.82, 2.24) is 10.2 Å². The molecule has 0 atom stereocenters. The number of halogens is 2. The molecule has 1 heterocycles. The van der Waals surface area contributed by atoms with Crippen LogP contribution in [0.3, 0.4) is 0 Å². The largest absolute Gasteiger partial charge is 0.488 e. The molecule has 0 aromatic heterocycles. The lowest BCUT2D eigenvalue weighted by molar-refractivity contribution is -0.123. The number of hydrogen-bond donors (Lipinski definition) is 1. The van der Waals surface area contributed by atoms with Gasteiger partial charge in [-0.25, -0.2) is 9.18 Å². The molecule has 1 fully saturated rings. The molecule has 0 spiro atoms. The Labute approximate surface area is 199 Å². The summed E-state index contributed by atoms with van der Waals surface area (Å²) in [6.45, 7) is 2.58. The fourth-order valence-electron chi connectivity index (χ4n) is 3.22. The number of hydrogen-bond acceptors (Lipinski definition) is 3. The summed E-state index contributed by atoms with van der Waals surface area (Å²) < 4.78 is 19.9. The van der Waals surface area contributed by atoms with Gasteiger partial charge in [-0.15, -0.1) is 0 Å². The van der Waals surface area contributed by atoms with Crippen LogP contribution in [0.25, 0.3) is 6.08 Å². The monoisotopic (exact) mass is 542 g/mol. The summed E-state index contributed by atoms with van der Waals surface area (Å²) in [6.07, 6.45) is 1.64. The Balaban J connectivity index is 1.44. The lowest BCUT2D eigenvalue weighted by Crippen LogP contribution is -2.30. The summed E-state index contributed by atoms with van der Waals surface area (Å²) in [4.78, 5) is 26.1. The lowest BCUT2D eigenvalue weighted by Gasteiger charge is -2.11. The van der Waals surface area contributed by atoms with E-state index in [4.69, 9.17) is 4.74 Å². The zero-order valence-corrected chi connectivity index (χ0v) is 19.4. The third-order valence-corrected chi connectivity index (χ3v) is 5.84. The maximum Gasteiger partial charge on any atom is 0.329 e. The second-order valence-electron chi connectivity index (χ2n) is 7.47. The molecule has 3 aromatic carbocycles. The number of ether oxygens (including phenoxy) is 1. The number of nitrogens with one attached hydrogen (secondary N) is 1. The topological polar surface area (TPSA) is 58.6 Å². The number of imide groups is 1. The fourth-order valence-corrected chi connectivity index (χ4v) is 3.92. The number of urea groups is 1. The van der Waals surface area contributed by atoms with E-state index in [0.29, 0.717) is 12.2 Å². The Morgan fingerprint density at radius 3 is 2.38 bits per heavy atom. The van der Waals surface area contributed by atoms with Gasteiger partial charge in [0, 0.05) is 0 Å². The Kier molecular flexibility index (Phi) is 6.55. The first kappa shape index (κ1) is 22.0. The van der Waals surface area contributed by atoms with Gasteiger partial charge in [0.05, 0.1) is 10.1 Å². The number of amides is 3. The van der Waals surface area contributed by atoms with E-state index in [1.807, 2.05) is 49.4 Å². The minimum absolute atomic E-state index is 0.0750. The van der Waals surface area contributed by atoms with E-state index >= 15 is 0 Å². The zero-order valence-electron chi connectivity index (χ0n) is 17.3. The van der Waals surface area contributed by atoms with E-state index in [0.717, 1.165) is 25.3 Å². The van der Waals surface area contributed by atoms with Gasteiger partial charge in [0.25, 0.3) is 5.91 Å². The average molecular weight is 542 g/mol. The summed E-state index contributed by atoms with van der Waals surface area (Å²) in [6, 6.07) is 18.9. The third kappa shape index (κ3) is 5.16. The second-order valence-corrected chi connectivity index (χ2v) is 8.63. The molecule has 7 heteroatoms. The number of carbonyl (C=O) groups excluding carboxylic acids is 2.